The van der Waals surface area contributed by atoms with Crippen LogP contribution in [0.4, 0.5) is 0 Å². The first kappa shape index (κ1) is 12.0. The predicted molar refractivity (Wildman–Crippen MR) is 65.7 cm³/mol. The average molecular weight is 244 g/mol. The molecular formula is C9H13N2O2PS. The number of hydrogen-bond acceptors (Lipinski definition) is 4. The Bertz CT molecular complexity index is 390. The highest BCUT2D eigenvalue weighted by atomic mass is 32.5. The molecule has 0 aliphatic carbocycles. The van der Waals surface area contributed by atoms with Gasteiger partial charge in [-0.2, -0.15) is 0 Å². The lowest BCUT2D eigenvalue weighted by Crippen LogP contribution is -2.06. The summed E-state index contributed by atoms with van der Waals surface area (Å²) in [4.78, 5) is 0. The van der Waals surface area contributed by atoms with Gasteiger partial charge in [-0.25, -0.2) is 0 Å². The van der Waals surface area contributed by atoms with Crippen molar-refractivity contribution in [1.82, 2.24) is 0 Å². The minimum Gasteiger partial charge on any atom is -0.434 e. The average Bonchev–Trinajstić information content (AvgIpc) is 2.16. The van der Waals surface area contributed by atoms with E-state index in [4.69, 9.17) is 26.7 Å². The van der Waals surface area contributed by atoms with Crippen LogP contribution >= 0.6 is 6.49 Å². The van der Waals surface area contributed by atoms with Crippen molar-refractivity contribution in [3.63, 3.8) is 0 Å². The van der Waals surface area contributed by atoms with Gasteiger partial charge >= 0.3 is 6.49 Å². The Labute approximate surface area is 94.2 Å². The van der Waals surface area contributed by atoms with E-state index >= 15 is 0 Å². The van der Waals surface area contributed by atoms with Gasteiger partial charge in [0.05, 0.1) is 0 Å². The topological polar surface area (TPSA) is 56.8 Å². The molecular weight excluding hydrogens is 231 g/mol. The van der Waals surface area contributed by atoms with Crippen molar-refractivity contribution in [2.24, 2.45) is 10.9 Å². The third kappa shape index (κ3) is 4.81. The Hall–Kier alpha value is -1.06. The molecule has 0 fully saturated rings. The summed E-state index contributed by atoms with van der Waals surface area (Å²) < 4.78 is 10.6. The van der Waals surface area contributed by atoms with Gasteiger partial charge in [-0.1, -0.05) is 23.4 Å². The summed E-state index contributed by atoms with van der Waals surface area (Å²) in [5.41, 5.74) is 5.33. The second-order valence-electron chi connectivity index (χ2n) is 2.99. The molecule has 0 aliphatic rings. The molecule has 1 unspecified atom stereocenters. The van der Waals surface area contributed by atoms with Gasteiger partial charge in [-0.3, -0.25) is 0 Å². The number of oxime groups is 1. The van der Waals surface area contributed by atoms with E-state index < -0.39 is 6.49 Å². The third-order valence-corrected chi connectivity index (χ3v) is 2.69. The van der Waals surface area contributed by atoms with Crippen LogP contribution < -0.4 is 10.3 Å². The summed E-state index contributed by atoms with van der Waals surface area (Å²) in [5.74, 6) is 0.996. The van der Waals surface area contributed by atoms with Gasteiger partial charge in [-0.15, -0.1) is 0 Å². The van der Waals surface area contributed by atoms with Crippen molar-refractivity contribution in [3.8, 4) is 5.75 Å². The zero-order valence-corrected chi connectivity index (χ0v) is 10.3. The SMILES string of the molecule is C/C(N)=N\OP(C)(=S)Oc1ccccc1. The van der Waals surface area contributed by atoms with Crippen LogP contribution in [0.1, 0.15) is 6.92 Å². The number of nitrogens with zero attached hydrogens (tertiary/aromatic N) is 1. The number of benzene rings is 1. The molecule has 1 rings (SSSR count). The quantitative estimate of drug-likeness (QED) is 0.382. The summed E-state index contributed by atoms with van der Waals surface area (Å²) in [6.07, 6.45) is 0. The Morgan fingerprint density at radius 3 is 2.53 bits per heavy atom. The van der Waals surface area contributed by atoms with Crippen LogP contribution in [0.2, 0.25) is 0 Å². The fourth-order valence-corrected chi connectivity index (χ4v) is 2.00. The lowest BCUT2D eigenvalue weighted by molar-refractivity contribution is 0.335. The minimum absolute atomic E-state index is 0.322. The highest BCUT2D eigenvalue weighted by Crippen LogP contribution is 2.44. The molecule has 0 radical (unpaired) electrons. The third-order valence-electron chi connectivity index (χ3n) is 1.35. The lowest BCUT2D eigenvalue weighted by Gasteiger charge is -2.15. The second kappa shape index (κ2) is 5.14. The van der Waals surface area contributed by atoms with Crippen LogP contribution in [0.25, 0.3) is 0 Å². The van der Waals surface area contributed by atoms with Crippen molar-refractivity contribution >= 4 is 24.1 Å². The van der Waals surface area contributed by atoms with E-state index in [1.807, 2.05) is 30.3 Å². The molecule has 0 heterocycles. The van der Waals surface area contributed by atoms with E-state index in [0.717, 1.165) is 0 Å². The molecule has 0 amide bonds. The molecule has 0 saturated carbocycles. The zero-order valence-electron chi connectivity index (χ0n) is 8.58. The summed E-state index contributed by atoms with van der Waals surface area (Å²) in [7, 11) is 0. The molecule has 1 aromatic rings. The van der Waals surface area contributed by atoms with Crippen LogP contribution in [-0.2, 0) is 16.4 Å². The second-order valence-corrected chi connectivity index (χ2v) is 6.87. The van der Waals surface area contributed by atoms with Crippen LogP contribution in [0.15, 0.2) is 35.5 Å². The number of hydrogen-bond donors (Lipinski definition) is 1. The first-order valence-electron chi connectivity index (χ1n) is 4.30. The molecule has 1 atom stereocenters. The zero-order chi connectivity index (χ0) is 11.3. The highest BCUT2D eigenvalue weighted by molar-refractivity contribution is 8.09. The molecule has 0 aliphatic heterocycles. The Morgan fingerprint density at radius 1 is 1.40 bits per heavy atom. The van der Waals surface area contributed by atoms with E-state index in [1.165, 1.54) is 0 Å². The van der Waals surface area contributed by atoms with Crippen molar-refractivity contribution in [2.75, 3.05) is 6.66 Å². The van der Waals surface area contributed by atoms with Crippen molar-refractivity contribution in [1.29, 1.82) is 0 Å². The van der Waals surface area contributed by atoms with E-state index in [1.54, 1.807) is 13.6 Å². The summed E-state index contributed by atoms with van der Waals surface area (Å²) in [6, 6.07) is 9.25. The molecule has 1 aromatic carbocycles. The fourth-order valence-electron chi connectivity index (χ4n) is 0.828. The molecule has 2 N–H and O–H groups in total. The molecule has 0 saturated heterocycles. The van der Waals surface area contributed by atoms with Crippen LogP contribution in [0, 0.1) is 0 Å². The first-order valence-corrected chi connectivity index (χ1v) is 7.39. The molecule has 6 heteroatoms. The van der Waals surface area contributed by atoms with Gasteiger partial charge in [0, 0.05) is 6.66 Å². The fraction of sp³-hybridized carbons (Fsp3) is 0.222. The Balaban J connectivity index is 2.65. The summed E-state index contributed by atoms with van der Waals surface area (Å²) >= 11 is 5.15. The summed E-state index contributed by atoms with van der Waals surface area (Å²) in [6.45, 7) is 0.917. The largest absolute Gasteiger partial charge is 0.434 e. The van der Waals surface area contributed by atoms with Crippen molar-refractivity contribution in [2.45, 2.75) is 6.92 Å². The Kier molecular flexibility index (Phi) is 4.12. The number of rotatable bonds is 4. The van der Waals surface area contributed by atoms with Crippen LogP contribution in [0.3, 0.4) is 0 Å². The number of nitrogens with two attached hydrogens (primary N) is 1. The van der Waals surface area contributed by atoms with Gasteiger partial charge in [-0.05, 0) is 30.9 Å². The van der Waals surface area contributed by atoms with Crippen LogP contribution in [-0.4, -0.2) is 12.5 Å². The van der Waals surface area contributed by atoms with Gasteiger partial charge in [0.15, 0.2) is 0 Å². The highest BCUT2D eigenvalue weighted by Gasteiger charge is 2.13. The maximum absolute atomic E-state index is 5.49. The van der Waals surface area contributed by atoms with Crippen molar-refractivity contribution in [3.05, 3.63) is 30.3 Å². The molecule has 0 spiro atoms. The standard InChI is InChI=1S/C9H13N2O2PS/c1-8(10)11-13-14(2,15)12-9-6-4-3-5-7-9/h3-7H,1-2H3,(H2,10,11). The van der Waals surface area contributed by atoms with Crippen molar-refractivity contribution < 1.29 is 9.15 Å². The van der Waals surface area contributed by atoms with Crippen LogP contribution in [0.5, 0.6) is 5.75 Å². The minimum atomic E-state index is -2.40. The maximum Gasteiger partial charge on any atom is 0.309 e. The number of para-hydroxylation sites is 1. The maximum atomic E-state index is 5.49. The number of amidine groups is 1. The summed E-state index contributed by atoms with van der Waals surface area (Å²) in [5, 5.41) is 3.61. The lowest BCUT2D eigenvalue weighted by atomic mass is 10.3. The van der Waals surface area contributed by atoms with E-state index in [-0.39, 0.29) is 0 Å². The van der Waals surface area contributed by atoms with E-state index in [9.17, 15) is 0 Å². The smallest absolute Gasteiger partial charge is 0.309 e. The van der Waals surface area contributed by atoms with E-state index in [0.29, 0.717) is 11.6 Å². The molecule has 15 heavy (non-hydrogen) atoms. The molecule has 0 bridgehead atoms. The van der Waals surface area contributed by atoms with Gasteiger partial charge in [0.1, 0.15) is 11.6 Å². The monoisotopic (exact) mass is 244 g/mol. The van der Waals surface area contributed by atoms with Gasteiger partial charge in [0.25, 0.3) is 0 Å². The van der Waals surface area contributed by atoms with Gasteiger partial charge in [0.2, 0.25) is 0 Å². The normalized spacial score (nSPS) is 15.5. The molecule has 0 aromatic heterocycles. The predicted octanol–water partition coefficient (Wildman–Crippen LogP) is 2.31. The Morgan fingerprint density at radius 2 is 2.00 bits per heavy atom. The molecule has 82 valence electrons. The first-order chi connectivity index (χ1) is 6.99. The van der Waals surface area contributed by atoms with Gasteiger partial charge < -0.3 is 14.9 Å². The molecule has 4 nitrogen and oxygen atoms in total. The van der Waals surface area contributed by atoms with E-state index in [2.05, 4.69) is 5.16 Å².